The van der Waals surface area contributed by atoms with Crippen LogP contribution >= 0.6 is 11.8 Å². The van der Waals surface area contributed by atoms with Gasteiger partial charge in [-0.15, -0.1) is 0 Å². The zero-order chi connectivity index (χ0) is 16.8. The zero-order valence-corrected chi connectivity index (χ0v) is 14.5. The van der Waals surface area contributed by atoms with Crippen LogP contribution in [0.25, 0.3) is 0 Å². The zero-order valence-electron chi connectivity index (χ0n) is 13.7. The monoisotopic (exact) mass is 341 g/mol. The molecular formula is C16H27N3O3S. The molecule has 0 aromatic heterocycles. The summed E-state index contributed by atoms with van der Waals surface area (Å²) < 4.78 is 0. The van der Waals surface area contributed by atoms with Crippen LogP contribution in [-0.4, -0.2) is 46.7 Å². The maximum atomic E-state index is 11.9. The fourth-order valence-electron chi connectivity index (χ4n) is 3.16. The minimum absolute atomic E-state index is 0.0767. The average Bonchev–Trinajstić information content (AvgIpc) is 3.07. The van der Waals surface area contributed by atoms with E-state index in [0.29, 0.717) is 18.1 Å². The van der Waals surface area contributed by atoms with E-state index in [-0.39, 0.29) is 30.3 Å². The molecule has 0 bridgehead atoms. The summed E-state index contributed by atoms with van der Waals surface area (Å²) in [6.07, 6.45) is 5.28. The van der Waals surface area contributed by atoms with Gasteiger partial charge in [-0.05, 0) is 19.3 Å². The molecule has 2 amide bonds. The number of unbranched alkanes of at least 4 members (excludes halogenated alkanes) is 2. The molecule has 1 unspecified atom stereocenters. The quantitative estimate of drug-likeness (QED) is 0.316. The number of hydrogen-bond acceptors (Lipinski definition) is 5. The van der Waals surface area contributed by atoms with Gasteiger partial charge in [0.05, 0.1) is 18.1 Å². The molecule has 0 spiro atoms. The van der Waals surface area contributed by atoms with E-state index in [1.165, 1.54) is 0 Å². The molecule has 7 heteroatoms. The number of nitrogens with one attached hydrogen (secondary N) is 2. The van der Waals surface area contributed by atoms with E-state index in [2.05, 4.69) is 10.6 Å². The number of hydrogen-bond donors (Lipinski definition) is 3. The molecule has 2 fully saturated rings. The van der Waals surface area contributed by atoms with Gasteiger partial charge in [0.25, 0.3) is 0 Å². The second-order valence-corrected chi connectivity index (χ2v) is 7.68. The molecule has 0 radical (unpaired) electrons. The van der Waals surface area contributed by atoms with Gasteiger partial charge < -0.3 is 16.4 Å². The van der Waals surface area contributed by atoms with Crippen molar-refractivity contribution in [2.45, 2.75) is 75.2 Å². The molecule has 2 heterocycles. The van der Waals surface area contributed by atoms with Crippen molar-refractivity contribution < 1.29 is 14.4 Å². The number of thioether (sulfide) groups is 1. The van der Waals surface area contributed by atoms with Crippen LogP contribution in [0.2, 0.25) is 0 Å². The second-order valence-electron chi connectivity index (χ2n) is 6.40. The summed E-state index contributed by atoms with van der Waals surface area (Å²) in [6, 6.07) is -0.273. The maximum absolute atomic E-state index is 11.9. The molecule has 2 aliphatic heterocycles. The molecule has 2 aliphatic rings. The molecule has 2 saturated heterocycles. The Labute approximate surface area is 141 Å². The number of Topliss-reactive ketones (excluding diaryl/α,β-unsaturated/α-hetero) is 2. The largest absolute Gasteiger partial charge is 0.332 e. The third-order valence-electron chi connectivity index (χ3n) is 4.56. The van der Waals surface area contributed by atoms with Crippen LogP contribution in [0.4, 0.5) is 4.79 Å². The van der Waals surface area contributed by atoms with Crippen molar-refractivity contribution in [1.82, 2.24) is 10.6 Å². The molecule has 130 valence electrons. The summed E-state index contributed by atoms with van der Waals surface area (Å²) in [4.78, 5) is 35.0. The predicted molar refractivity (Wildman–Crippen MR) is 91.5 cm³/mol. The molecule has 0 aromatic rings. The van der Waals surface area contributed by atoms with Gasteiger partial charge in [0, 0.05) is 17.4 Å². The van der Waals surface area contributed by atoms with Crippen molar-refractivity contribution >= 4 is 29.4 Å². The molecule has 2 rings (SSSR count). The number of fused-ring (bicyclic) bond motifs is 1. The van der Waals surface area contributed by atoms with Gasteiger partial charge >= 0.3 is 6.03 Å². The van der Waals surface area contributed by atoms with Crippen LogP contribution in [0.5, 0.6) is 0 Å². The van der Waals surface area contributed by atoms with Gasteiger partial charge in [-0.25, -0.2) is 4.79 Å². The van der Waals surface area contributed by atoms with E-state index in [0.717, 1.165) is 31.4 Å². The fourth-order valence-corrected chi connectivity index (χ4v) is 4.70. The van der Waals surface area contributed by atoms with E-state index in [4.69, 9.17) is 5.73 Å². The Balaban J connectivity index is 1.62. The van der Waals surface area contributed by atoms with Crippen LogP contribution in [0.15, 0.2) is 0 Å². The van der Waals surface area contributed by atoms with Crippen LogP contribution < -0.4 is 16.4 Å². The number of urea groups is 1. The molecule has 0 aromatic carbocycles. The number of ketones is 2. The number of carbonyl (C=O) groups is 3. The van der Waals surface area contributed by atoms with E-state index in [1.807, 2.05) is 18.7 Å². The molecule has 0 aliphatic carbocycles. The van der Waals surface area contributed by atoms with Crippen molar-refractivity contribution in [3.8, 4) is 0 Å². The summed E-state index contributed by atoms with van der Waals surface area (Å²) in [5, 5.41) is 6.27. The topological polar surface area (TPSA) is 101 Å². The molecule has 23 heavy (non-hydrogen) atoms. The Morgan fingerprint density at radius 1 is 1.30 bits per heavy atom. The highest BCUT2D eigenvalue weighted by atomic mass is 32.2. The molecule has 0 saturated carbocycles. The number of carbonyl (C=O) groups excluding carboxylic acids is 3. The van der Waals surface area contributed by atoms with Crippen LogP contribution in [0.1, 0.15) is 51.9 Å². The second kappa shape index (κ2) is 8.68. The fraction of sp³-hybridized carbons (Fsp3) is 0.812. The summed E-state index contributed by atoms with van der Waals surface area (Å²) >= 11 is 1.87. The summed E-state index contributed by atoms with van der Waals surface area (Å²) in [5.74, 6) is 0.194. The molecule has 4 N–H and O–H groups in total. The predicted octanol–water partition coefficient (Wildman–Crippen LogP) is 1.37. The van der Waals surface area contributed by atoms with Crippen molar-refractivity contribution in [2.24, 2.45) is 5.73 Å². The first-order chi connectivity index (χ1) is 11.0. The maximum Gasteiger partial charge on any atom is 0.315 e. The van der Waals surface area contributed by atoms with Crippen molar-refractivity contribution in [1.29, 1.82) is 0 Å². The molecule has 4 atom stereocenters. The van der Waals surface area contributed by atoms with Gasteiger partial charge in [-0.2, -0.15) is 11.8 Å². The summed E-state index contributed by atoms with van der Waals surface area (Å²) in [6.45, 7) is 2.03. The number of amides is 2. The third kappa shape index (κ3) is 4.94. The summed E-state index contributed by atoms with van der Waals surface area (Å²) in [5.41, 5.74) is 5.76. The van der Waals surface area contributed by atoms with Gasteiger partial charge in [0.15, 0.2) is 5.78 Å². The van der Waals surface area contributed by atoms with Gasteiger partial charge in [0.2, 0.25) is 5.78 Å². The highest BCUT2D eigenvalue weighted by Gasteiger charge is 2.42. The van der Waals surface area contributed by atoms with Crippen molar-refractivity contribution in [3.05, 3.63) is 0 Å². The highest BCUT2D eigenvalue weighted by molar-refractivity contribution is 8.00. The smallest absolute Gasteiger partial charge is 0.315 e. The normalized spacial score (nSPS) is 27.2. The van der Waals surface area contributed by atoms with Crippen molar-refractivity contribution in [2.75, 3.05) is 5.75 Å². The Morgan fingerprint density at radius 2 is 2.09 bits per heavy atom. The van der Waals surface area contributed by atoms with Gasteiger partial charge in [-0.3, -0.25) is 9.59 Å². The Hall–Kier alpha value is -1.08. The lowest BCUT2D eigenvalue weighted by Crippen LogP contribution is -2.37. The Morgan fingerprint density at radius 3 is 2.83 bits per heavy atom. The molecular weight excluding hydrogens is 314 g/mol. The highest BCUT2D eigenvalue weighted by Crippen LogP contribution is 2.33. The lowest BCUT2D eigenvalue weighted by atomic mass is 9.98. The first kappa shape index (κ1) is 18.3. The van der Waals surface area contributed by atoms with Gasteiger partial charge in [-0.1, -0.05) is 26.2 Å². The van der Waals surface area contributed by atoms with Gasteiger partial charge in [0.1, 0.15) is 0 Å². The van der Waals surface area contributed by atoms with Crippen LogP contribution in [0, 0.1) is 0 Å². The van der Waals surface area contributed by atoms with E-state index in [9.17, 15) is 14.4 Å². The van der Waals surface area contributed by atoms with E-state index >= 15 is 0 Å². The summed E-state index contributed by atoms with van der Waals surface area (Å²) in [7, 11) is 0. The Bertz CT molecular complexity index is 458. The Kier molecular flexibility index (Phi) is 6.89. The SMILES string of the molecule is CCCCC(N)C(=O)C(=O)CCCC[C@@H]1SC[C@@H]2NC(=O)N[C@@H]21. The average molecular weight is 341 g/mol. The third-order valence-corrected chi connectivity index (χ3v) is 6.07. The standard InChI is InChI=1S/C16H27N3O3S/c1-2-3-6-10(17)15(21)12(20)7-4-5-8-13-14-11(9-23-13)18-16(22)19-14/h10-11,13-14H,2-9,17H2,1H3,(H2,18,19,22)/t10?,11-,13-,14-/m0/s1. The lowest BCUT2D eigenvalue weighted by molar-refractivity contribution is -0.137. The van der Waals surface area contributed by atoms with Crippen LogP contribution in [-0.2, 0) is 9.59 Å². The van der Waals surface area contributed by atoms with Crippen LogP contribution in [0.3, 0.4) is 0 Å². The van der Waals surface area contributed by atoms with Crippen molar-refractivity contribution in [3.63, 3.8) is 0 Å². The minimum atomic E-state index is -0.631. The van der Waals surface area contributed by atoms with E-state index in [1.54, 1.807) is 0 Å². The number of rotatable bonds is 10. The first-order valence-corrected chi connectivity index (χ1v) is 9.59. The molecule has 6 nitrogen and oxygen atoms in total. The minimum Gasteiger partial charge on any atom is -0.332 e. The van der Waals surface area contributed by atoms with E-state index < -0.39 is 11.8 Å². The first-order valence-electron chi connectivity index (χ1n) is 8.54. The number of nitrogens with two attached hydrogens (primary N) is 1. The lowest BCUT2D eigenvalue weighted by Gasteiger charge is -2.16.